The third-order valence-corrected chi connectivity index (χ3v) is 1.91. The van der Waals surface area contributed by atoms with E-state index in [0.717, 1.165) is 18.5 Å². The van der Waals surface area contributed by atoms with Gasteiger partial charge in [0.15, 0.2) is 11.5 Å². The number of halogens is 1. The van der Waals surface area contributed by atoms with Gasteiger partial charge in [-0.15, -0.1) is 12.4 Å². The number of benzene rings is 1. The van der Waals surface area contributed by atoms with Gasteiger partial charge in [-0.3, -0.25) is 0 Å². The van der Waals surface area contributed by atoms with Gasteiger partial charge in [-0.2, -0.15) is 0 Å². The smallest absolute Gasteiger partial charge is 0.160 e. The first-order valence-electron chi connectivity index (χ1n) is 4.28. The normalized spacial score (nSPS) is 9.29. The molecule has 4 heteroatoms. The van der Waals surface area contributed by atoms with Crippen LogP contribution in [0.25, 0.3) is 0 Å². The van der Waals surface area contributed by atoms with Crippen molar-refractivity contribution in [1.29, 1.82) is 0 Å². The van der Waals surface area contributed by atoms with E-state index in [1.807, 2.05) is 19.2 Å². The number of phenolic OH excluding ortho intramolecular Hbond substituents is 1. The molecule has 0 fully saturated rings. The molecule has 80 valence electrons. The van der Waals surface area contributed by atoms with Crippen molar-refractivity contribution in [1.82, 2.24) is 5.32 Å². The van der Waals surface area contributed by atoms with Gasteiger partial charge < -0.3 is 15.2 Å². The largest absolute Gasteiger partial charge is 0.504 e. The predicted octanol–water partition coefficient (Wildman–Crippen LogP) is 1.58. The molecule has 0 heterocycles. The lowest BCUT2D eigenvalue weighted by Crippen LogP contribution is -2.10. The summed E-state index contributed by atoms with van der Waals surface area (Å²) >= 11 is 0. The summed E-state index contributed by atoms with van der Waals surface area (Å²) in [4.78, 5) is 0. The monoisotopic (exact) mass is 217 g/mol. The summed E-state index contributed by atoms with van der Waals surface area (Å²) in [5, 5.41) is 12.4. The first-order valence-corrected chi connectivity index (χ1v) is 4.28. The van der Waals surface area contributed by atoms with Crippen LogP contribution in [0.4, 0.5) is 0 Å². The molecule has 0 aliphatic carbocycles. The molecule has 0 saturated heterocycles. The summed E-state index contributed by atoms with van der Waals surface area (Å²) in [7, 11) is 3.47. The van der Waals surface area contributed by atoms with E-state index in [-0.39, 0.29) is 18.2 Å². The van der Waals surface area contributed by atoms with E-state index in [0.29, 0.717) is 5.75 Å². The standard InChI is InChI=1S/C10H15NO2.ClH/c1-11-6-5-8-3-4-9(12)10(7-8)13-2;/h3-4,7,11-12H,5-6H2,1-2H3;1H. The molecule has 1 aromatic carbocycles. The van der Waals surface area contributed by atoms with Crippen molar-refractivity contribution in [3.8, 4) is 11.5 Å². The maximum Gasteiger partial charge on any atom is 0.160 e. The summed E-state index contributed by atoms with van der Waals surface area (Å²) in [5.74, 6) is 0.726. The minimum Gasteiger partial charge on any atom is -0.504 e. The lowest BCUT2D eigenvalue weighted by atomic mass is 10.1. The molecule has 0 aliphatic heterocycles. The van der Waals surface area contributed by atoms with Crippen molar-refractivity contribution in [2.75, 3.05) is 20.7 Å². The van der Waals surface area contributed by atoms with Crippen LogP contribution in [-0.4, -0.2) is 25.8 Å². The Kier molecular flexibility index (Phi) is 6.08. The number of phenols is 1. The van der Waals surface area contributed by atoms with Crippen LogP contribution in [0.15, 0.2) is 18.2 Å². The number of ether oxygens (including phenoxy) is 1. The zero-order valence-electron chi connectivity index (χ0n) is 8.41. The maximum atomic E-state index is 9.32. The van der Waals surface area contributed by atoms with Gasteiger partial charge >= 0.3 is 0 Å². The van der Waals surface area contributed by atoms with E-state index in [4.69, 9.17) is 4.74 Å². The summed E-state index contributed by atoms with van der Waals surface area (Å²) in [6.07, 6.45) is 0.938. The van der Waals surface area contributed by atoms with Crippen molar-refractivity contribution in [3.63, 3.8) is 0 Å². The van der Waals surface area contributed by atoms with Gasteiger partial charge in [0.1, 0.15) is 0 Å². The Balaban J connectivity index is 0.00000169. The van der Waals surface area contributed by atoms with Gasteiger partial charge in [-0.05, 0) is 37.7 Å². The summed E-state index contributed by atoms with van der Waals surface area (Å²) in [6, 6.07) is 5.41. The van der Waals surface area contributed by atoms with Crippen molar-refractivity contribution in [3.05, 3.63) is 23.8 Å². The fraction of sp³-hybridized carbons (Fsp3) is 0.400. The maximum absolute atomic E-state index is 9.32. The molecule has 2 N–H and O–H groups in total. The highest BCUT2D eigenvalue weighted by Crippen LogP contribution is 2.26. The second-order valence-corrected chi connectivity index (χ2v) is 2.86. The van der Waals surface area contributed by atoms with Crippen molar-refractivity contribution >= 4 is 12.4 Å². The van der Waals surface area contributed by atoms with Crippen LogP contribution >= 0.6 is 12.4 Å². The molecule has 3 nitrogen and oxygen atoms in total. The highest BCUT2D eigenvalue weighted by atomic mass is 35.5. The predicted molar refractivity (Wildman–Crippen MR) is 59.5 cm³/mol. The molecule has 0 saturated carbocycles. The number of hydrogen-bond acceptors (Lipinski definition) is 3. The summed E-state index contributed by atoms with van der Waals surface area (Å²) in [6.45, 7) is 0.925. The van der Waals surface area contributed by atoms with Crippen LogP contribution in [0.2, 0.25) is 0 Å². The van der Waals surface area contributed by atoms with Crippen LogP contribution in [0.1, 0.15) is 5.56 Å². The van der Waals surface area contributed by atoms with Gasteiger partial charge in [0.25, 0.3) is 0 Å². The summed E-state index contributed by atoms with van der Waals surface area (Å²) < 4.78 is 5.00. The molecule has 0 radical (unpaired) electrons. The Morgan fingerprint density at radius 2 is 2.14 bits per heavy atom. The number of likely N-dealkylation sites (N-methyl/N-ethyl adjacent to an activating group) is 1. The lowest BCUT2D eigenvalue weighted by molar-refractivity contribution is 0.373. The first kappa shape index (κ1) is 13.1. The van der Waals surface area contributed by atoms with Crippen LogP contribution in [-0.2, 0) is 6.42 Å². The van der Waals surface area contributed by atoms with E-state index in [2.05, 4.69) is 5.32 Å². The van der Waals surface area contributed by atoms with Gasteiger partial charge in [-0.25, -0.2) is 0 Å². The van der Waals surface area contributed by atoms with E-state index in [9.17, 15) is 5.11 Å². The summed E-state index contributed by atoms with van der Waals surface area (Å²) in [5.41, 5.74) is 1.16. The first-order chi connectivity index (χ1) is 6.27. The van der Waals surface area contributed by atoms with Crippen molar-refractivity contribution in [2.45, 2.75) is 6.42 Å². The van der Waals surface area contributed by atoms with E-state index >= 15 is 0 Å². The molecule has 1 rings (SSSR count). The molecule has 0 aromatic heterocycles. The Hall–Kier alpha value is -0.930. The molecule has 0 atom stereocenters. The fourth-order valence-corrected chi connectivity index (χ4v) is 1.15. The van der Waals surface area contributed by atoms with Gasteiger partial charge in [0.05, 0.1) is 7.11 Å². The molecular weight excluding hydrogens is 202 g/mol. The molecule has 1 aromatic rings. The number of nitrogens with one attached hydrogen (secondary N) is 1. The SMILES string of the molecule is CNCCc1ccc(O)c(OC)c1.Cl. The average Bonchev–Trinajstić information content (AvgIpc) is 2.16. The van der Waals surface area contributed by atoms with Crippen LogP contribution in [0, 0.1) is 0 Å². The molecule has 0 spiro atoms. The molecule has 0 aliphatic rings. The Labute approximate surface area is 90.5 Å². The second kappa shape index (κ2) is 6.51. The topological polar surface area (TPSA) is 41.5 Å². The lowest BCUT2D eigenvalue weighted by Gasteiger charge is -2.06. The Morgan fingerprint density at radius 1 is 1.43 bits per heavy atom. The zero-order valence-corrected chi connectivity index (χ0v) is 9.23. The molecular formula is C10H16ClNO2. The fourth-order valence-electron chi connectivity index (χ4n) is 1.15. The van der Waals surface area contributed by atoms with E-state index in [1.54, 1.807) is 13.2 Å². The van der Waals surface area contributed by atoms with Crippen LogP contribution < -0.4 is 10.1 Å². The minimum absolute atomic E-state index is 0. The van der Waals surface area contributed by atoms with Gasteiger partial charge in [-0.1, -0.05) is 6.07 Å². The zero-order chi connectivity index (χ0) is 9.68. The van der Waals surface area contributed by atoms with Gasteiger partial charge in [0.2, 0.25) is 0 Å². The number of rotatable bonds is 4. The number of aromatic hydroxyl groups is 1. The third-order valence-electron chi connectivity index (χ3n) is 1.91. The number of methoxy groups -OCH3 is 1. The highest BCUT2D eigenvalue weighted by Gasteiger charge is 2.01. The molecule has 14 heavy (non-hydrogen) atoms. The Bertz CT molecular complexity index is 279. The molecule has 0 amide bonds. The average molecular weight is 218 g/mol. The Morgan fingerprint density at radius 3 is 2.71 bits per heavy atom. The van der Waals surface area contributed by atoms with Crippen molar-refractivity contribution in [2.24, 2.45) is 0 Å². The highest BCUT2D eigenvalue weighted by molar-refractivity contribution is 5.85. The van der Waals surface area contributed by atoms with E-state index in [1.165, 1.54) is 0 Å². The van der Waals surface area contributed by atoms with Gasteiger partial charge in [0, 0.05) is 0 Å². The third kappa shape index (κ3) is 3.44. The van der Waals surface area contributed by atoms with Crippen LogP contribution in [0.5, 0.6) is 11.5 Å². The molecule has 0 bridgehead atoms. The minimum atomic E-state index is 0. The van der Waals surface area contributed by atoms with E-state index < -0.39 is 0 Å². The quantitative estimate of drug-likeness (QED) is 0.805. The number of hydrogen-bond donors (Lipinski definition) is 2. The second-order valence-electron chi connectivity index (χ2n) is 2.86. The van der Waals surface area contributed by atoms with Crippen LogP contribution in [0.3, 0.4) is 0 Å². The van der Waals surface area contributed by atoms with Crippen molar-refractivity contribution < 1.29 is 9.84 Å². The molecule has 0 unspecified atom stereocenters.